The Morgan fingerprint density at radius 3 is 2.48 bits per heavy atom. The van der Waals surface area contributed by atoms with Crippen molar-refractivity contribution in [2.24, 2.45) is 0 Å². The molecule has 0 N–H and O–H groups in total. The largest absolute Gasteiger partial charge is 0.493 e. The van der Waals surface area contributed by atoms with Crippen LogP contribution in [-0.2, 0) is 0 Å². The molecule has 0 atom stereocenters. The smallest absolute Gasteiger partial charge is 0.161 e. The van der Waals surface area contributed by atoms with Gasteiger partial charge in [-0.15, -0.1) is 11.3 Å². The van der Waals surface area contributed by atoms with Gasteiger partial charge in [-0.25, -0.2) is 4.98 Å². The Morgan fingerprint density at radius 2 is 1.95 bits per heavy atom. The van der Waals surface area contributed by atoms with Crippen LogP contribution in [0.2, 0.25) is 0 Å². The average molecular weight is 300 g/mol. The number of nitrogens with zero attached hydrogens (tertiary/aromatic N) is 2. The second-order valence-corrected chi connectivity index (χ2v) is 5.65. The number of methoxy groups -OCH3 is 2. The second-order valence-electron chi connectivity index (χ2n) is 4.44. The van der Waals surface area contributed by atoms with Crippen LogP contribution in [0.1, 0.15) is 21.1 Å². The van der Waals surface area contributed by atoms with Crippen molar-refractivity contribution < 1.29 is 9.47 Å². The summed E-state index contributed by atoms with van der Waals surface area (Å²) in [5, 5.41) is 10.1. The highest BCUT2D eigenvalue weighted by Gasteiger charge is 2.10. The maximum atomic E-state index is 9.36. The third-order valence-corrected chi connectivity index (χ3v) is 4.20. The lowest BCUT2D eigenvalue weighted by Crippen LogP contribution is -1.90. The number of ether oxygens (including phenoxy) is 2. The molecule has 5 heteroatoms. The summed E-state index contributed by atoms with van der Waals surface area (Å²) in [6.45, 7) is 3.95. The van der Waals surface area contributed by atoms with Gasteiger partial charge in [-0.3, -0.25) is 0 Å². The number of aromatic nitrogens is 1. The summed E-state index contributed by atoms with van der Waals surface area (Å²) < 4.78 is 10.5. The van der Waals surface area contributed by atoms with Crippen LogP contribution in [0.5, 0.6) is 11.5 Å². The molecule has 2 aromatic rings. The van der Waals surface area contributed by atoms with E-state index in [9.17, 15) is 5.26 Å². The zero-order valence-corrected chi connectivity index (χ0v) is 13.2. The maximum Gasteiger partial charge on any atom is 0.161 e. The Kier molecular flexibility index (Phi) is 4.61. The molecule has 0 spiro atoms. The highest BCUT2D eigenvalue weighted by Crippen LogP contribution is 2.30. The van der Waals surface area contributed by atoms with Crippen molar-refractivity contribution in [3.8, 4) is 17.6 Å². The van der Waals surface area contributed by atoms with Gasteiger partial charge in [-0.05, 0) is 37.6 Å². The predicted molar refractivity (Wildman–Crippen MR) is 84.6 cm³/mol. The monoisotopic (exact) mass is 300 g/mol. The summed E-state index contributed by atoms with van der Waals surface area (Å²) in [7, 11) is 3.18. The lowest BCUT2D eigenvalue weighted by molar-refractivity contribution is 0.355. The molecule has 0 aliphatic carbocycles. The molecule has 0 unspecified atom stereocenters. The molecule has 0 amide bonds. The van der Waals surface area contributed by atoms with E-state index in [0.717, 1.165) is 21.1 Å². The summed E-state index contributed by atoms with van der Waals surface area (Å²) in [4.78, 5) is 5.55. The van der Waals surface area contributed by atoms with E-state index in [4.69, 9.17) is 9.47 Å². The molecule has 0 aliphatic rings. The fourth-order valence-electron chi connectivity index (χ4n) is 1.84. The Bertz CT molecular complexity index is 707. The summed E-state index contributed by atoms with van der Waals surface area (Å²) in [5.41, 5.74) is 2.38. The van der Waals surface area contributed by atoms with Crippen molar-refractivity contribution in [3.63, 3.8) is 0 Å². The van der Waals surface area contributed by atoms with Gasteiger partial charge in [0.05, 0.1) is 25.5 Å². The molecule has 0 radical (unpaired) electrons. The number of allylic oxidation sites excluding steroid dienone is 1. The van der Waals surface area contributed by atoms with Crippen LogP contribution < -0.4 is 9.47 Å². The van der Waals surface area contributed by atoms with E-state index >= 15 is 0 Å². The van der Waals surface area contributed by atoms with Crippen LogP contribution in [0.25, 0.3) is 11.6 Å². The minimum absolute atomic E-state index is 0.545. The highest BCUT2D eigenvalue weighted by atomic mass is 32.1. The second kappa shape index (κ2) is 6.42. The summed E-state index contributed by atoms with van der Waals surface area (Å²) in [6, 6.07) is 7.75. The number of hydrogen-bond acceptors (Lipinski definition) is 5. The quantitative estimate of drug-likeness (QED) is 0.805. The van der Waals surface area contributed by atoms with E-state index < -0.39 is 0 Å². The molecule has 0 saturated carbocycles. The van der Waals surface area contributed by atoms with Crippen molar-refractivity contribution in [3.05, 3.63) is 39.3 Å². The third-order valence-electron chi connectivity index (χ3n) is 3.10. The van der Waals surface area contributed by atoms with Crippen molar-refractivity contribution in [2.75, 3.05) is 14.2 Å². The van der Waals surface area contributed by atoms with Gasteiger partial charge in [-0.1, -0.05) is 6.07 Å². The Balaban J connectivity index is 2.43. The van der Waals surface area contributed by atoms with Crippen LogP contribution in [0.15, 0.2) is 18.2 Å². The summed E-state index contributed by atoms with van der Waals surface area (Å²) >= 11 is 1.53. The fraction of sp³-hybridized carbons (Fsp3) is 0.250. The van der Waals surface area contributed by atoms with E-state index in [0.29, 0.717) is 17.1 Å². The molecule has 108 valence electrons. The first-order valence-electron chi connectivity index (χ1n) is 6.37. The van der Waals surface area contributed by atoms with Crippen LogP contribution in [-0.4, -0.2) is 19.2 Å². The molecule has 0 fully saturated rings. The van der Waals surface area contributed by atoms with Crippen LogP contribution in [0.3, 0.4) is 0 Å². The number of rotatable bonds is 4. The molecule has 0 aliphatic heterocycles. The van der Waals surface area contributed by atoms with E-state index in [1.807, 2.05) is 32.0 Å². The standard InChI is InChI=1S/C16H16N2O2S/c1-10-11(2)21-16(18-10)13(9-17)7-12-5-6-14(19-3)15(8-12)20-4/h5-8H,1-4H3/b13-7+. The molecule has 21 heavy (non-hydrogen) atoms. The van der Waals surface area contributed by atoms with Gasteiger partial charge < -0.3 is 9.47 Å². The summed E-state index contributed by atoms with van der Waals surface area (Å²) in [5.74, 6) is 1.30. The molecule has 0 saturated heterocycles. The maximum absolute atomic E-state index is 9.36. The topological polar surface area (TPSA) is 55.1 Å². The fourth-order valence-corrected chi connectivity index (χ4v) is 2.72. The molecular formula is C16H16N2O2S. The van der Waals surface area contributed by atoms with Crippen molar-refractivity contribution in [1.29, 1.82) is 5.26 Å². The average Bonchev–Trinajstić information content (AvgIpc) is 2.83. The first-order valence-corrected chi connectivity index (χ1v) is 7.19. The minimum atomic E-state index is 0.545. The molecule has 1 aromatic carbocycles. The first-order chi connectivity index (χ1) is 10.1. The Labute approximate surface area is 128 Å². The number of thiazole rings is 1. The Hall–Kier alpha value is -2.32. The molecule has 0 bridgehead atoms. The first kappa shape index (κ1) is 15.1. The number of benzene rings is 1. The van der Waals surface area contributed by atoms with Gasteiger partial charge in [-0.2, -0.15) is 5.26 Å². The number of nitriles is 1. The van der Waals surface area contributed by atoms with E-state index in [1.165, 1.54) is 11.3 Å². The normalized spacial score (nSPS) is 11.1. The zero-order chi connectivity index (χ0) is 15.4. The lowest BCUT2D eigenvalue weighted by Gasteiger charge is -2.07. The Morgan fingerprint density at radius 1 is 1.24 bits per heavy atom. The van der Waals surface area contributed by atoms with Gasteiger partial charge in [0.25, 0.3) is 0 Å². The molecule has 1 aromatic heterocycles. The van der Waals surface area contributed by atoms with Gasteiger partial charge in [0.2, 0.25) is 0 Å². The summed E-state index contributed by atoms with van der Waals surface area (Å²) in [6.07, 6.45) is 1.81. The molecule has 1 heterocycles. The predicted octanol–water partition coefficient (Wildman–Crippen LogP) is 3.84. The lowest BCUT2D eigenvalue weighted by atomic mass is 10.1. The molecular weight excluding hydrogens is 284 g/mol. The van der Waals surface area contributed by atoms with Crippen LogP contribution in [0.4, 0.5) is 0 Å². The van der Waals surface area contributed by atoms with Crippen LogP contribution in [0, 0.1) is 25.2 Å². The third kappa shape index (κ3) is 3.23. The van der Waals surface area contributed by atoms with E-state index in [-0.39, 0.29) is 0 Å². The van der Waals surface area contributed by atoms with Gasteiger partial charge in [0.15, 0.2) is 11.5 Å². The van der Waals surface area contributed by atoms with Gasteiger partial charge in [0, 0.05) is 4.88 Å². The molecule has 4 nitrogen and oxygen atoms in total. The van der Waals surface area contributed by atoms with Gasteiger partial charge >= 0.3 is 0 Å². The number of aryl methyl sites for hydroxylation is 2. The number of hydrogen-bond donors (Lipinski definition) is 0. The van der Waals surface area contributed by atoms with Gasteiger partial charge in [0.1, 0.15) is 11.1 Å². The molecule has 2 rings (SSSR count). The van der Waals surface area contributed by atoms with Crippen molar-refractivity contribution in [1.82, 2.24) is 4.98 Å². The van der Waals surface area contributed by atoms with Crippen molar-refractivity contribution in [2.45, 2.75) is 13.8 Å². The highest BCUT2D eigenvalue weighted by molar-refractivity contribution is 7.12. The minimum Gasteiger partial charge on any atom is -0.493 e. The zero-order valence-electron chi connectivity index (χ0n) is 12.4. The van der Waals surface area contributed by atoms with Crippen LogP contribution >= 0.6 is 11.3 Å². The SMILES string of the molecule is COc1ccc(/C=C(\C#N)c2nc(C)c(C)s2)cc1OC. The van der Waals surface area contributed by atoms with E-state index in [2.05, 4.69) is 11.1 Å². The van der Waals surface area contributed by atoms with E-state index in [1.54, 1.807) is 20.3 Å². The van der Waals surface area contributed by atoms with Crippen molar-refractivity contribution >= 4 is 23.0 Å².